The predicted molar refractivity (Wildman–Crippen MR) is 75.7 cm³/mol. The van der Waals surface area contributed by atoms with Gasteiger partial charge in [0.15, 0.2) is 0 Å². The molecule has 1 aliphatic carbocycles. The zero-order valence-corrected chi connectivity index (χ0v) is 12.6. The normalized spacial score (nSPS) is 18.5. The Morgan fingerprint density at radius 2 is 1.89 bits per heavy atom. The molecule has 4 nitrogen and oxygen atoms in total. The summed E-state index contributed by atoms with van der Waals surface area (Å²) < 4.78 is 26.6. The molecule has 0 aliphatic heterocycles. The van der Waals surface area contributed by atoms with Crippen LogP contribution in [0.3, 0.4) is 0 Å². The minimum Gasteiger partial charge on any atom is -0.243 e. The molecule has 1 saturated carbocycles. The molecule has 1 aliphatic rings. The van der Waals surface area contributed by atoms with E-state index in [-0.39, 0.29) is 16.1 Å². The van der Waals surface area contributed by atoms with Crippen molar-refractivity contribution >= 4 is 21.6 Å². The molecule has 1 aromatic heterocycles. The summed E-state index contributed by atoms with van der Waals surface area (Å²) in [7, 11) is -1.90. The topological polar surface area (TPSA) is 50.3 Å². The lowest BCUT2D eigenvalue weighted by atomic mass is 10.1. The first-order valence-corrected chi connectivity index (χ1v) is 8.44. The fraction of sp³-hybridized carbons (Fsp3) is 0.615. The predicted octanol–water partition coefficient (Wildman–Crippen LogP) is 3.08. The number of hydrogen-bond donors (Lipinski definition) is 0. The maximum Gasteiger partial charge on any atom is 0.246 e. The van der Waals surface area contributed by atoms with Gasteiger partial charge in [-0.15, -0.1) is 0 Å². The van der Waals surface area contributed by atoms with Gasteiger partial charge in [-0.2, -0.15) is 4.31 Å². The lowest BCUT2D eigenvalue weighted by Crippen LogP contribution is -2.36. The Hall–Kier alpha value is -0.650. The van der Waals surface area contributed by atoms with Gasteiger partial charge in [-0.25, -0.2) is 13.4 Å². The first-order valence-electron chi connectivity index (χ1n) is 6.62. The molecule has 0 spiro atoms. The van der Waals surface area contributed by atoms with Gasteiger partial charge >= 0.3 is 0 Å². The summed E-state index contributed by atoms with van der Waals surface area (Å²) in [5.74, 6) is 0. The minimum absolute atomic E-state index is 0.0444. The highest BCUT2D eigenvalue weighted by Gasteiger charge is 2.30. The van der Waals surface area contributed by atoms with Crippen molar-refractivity contribution < 1.29 is 8.42 Å². The van der Waals surface area contributed by atoms with Crippen molar-refractivity contribution in [3.05, 3.63) is 23.5 Å². The first kappa shape index (κ1) is 14.8. The number of aromatic nitrogens is 1. The van der Waals surface area contributed by atoms with Crippen molar-refractivity contribution in [2.75, 3.05) is 7.05 Å². The second-order valence-electron chi connectivity index (χ2n) is 4.96. The largest absolute Gasteiger partial charge is 0.246 e. The van der Waals surface area contributed by atoms with E-state index in [0.717, 1.165) is 25.7 Å². The van der Waals surface area contributed by atoms with Crippen LogP contribution in [0.1, 0.15) is 38.5 Å². The van der Waals surface area contributed by atoms with Gasteiger partial charge < -0.3 is 0 Å². The first-order chi connectivity index (χ1) is 9.03. The number of nitrogens with zero attached hydrogens (tertiary/aromatic N) is 2. The summed E-state index contributed by atoms with van der Waals surface area (Å²) in [6, 6.07) is 3.18. The van der Waals surface area contributed by atoms with Crippen LogP contribution in [-0.4, -0.2) is 30.8 Å². The van der Waals surface area contributed by atoms with Crippen molar-refractivity contribution in [2.45, 2.75) is 49.5 Å². The number of sulfonamides is 1. The third-order valence-electron chi connectivity index (χ3n) is 3.72. The Kier molecular flexibility index (Phi) is 4.81. The van der Waals surface area contributed by atoms with Gasteiger partial charge in [0.2, 0.25) is 10.0 Å². The quantitative estimate of drug-likeness (QED) is 0.637. The molecule has 1 aromatic rings. The lowest BCUT2D eigenvalue weighted by Gasteiger charge is -2.26. The van der Waals surface area contributed by atoms with Crippen LogP contribution in [0.25, 0.3) is 0 Å². The second kappa shape index (κ2) is 6.20. The Labute approximate surface area is 119 Å². The molecule has 1 heterocycles. The Bertz CT molecular complexity index is 525. The van der Waals surface area contributed by atoms with E-state index in [0.29, 0.717) is 0 Å². The van der Waals surface area contributed by atoms with Crippen molar-refractivity contribution in [1.82, 2.24) is 9.29 Å². The molecule has 0 atom stereocenters. The van der Waals surface area contributed by atoms with Gasteiger partial charge in [-0.3, -0.25) is 0 Å². The second-order valence-corrected chi connectivity index (χ2v) is 7.28. The average molecular weight is 303 g/mol. The molecule has 6 heteroatoms. The average Bonchev–Trinajstić information content (AvgIpc) is 2.67. The molecule has 1 fully saturated rings. The standard InChI is InChI=1S/C13H19ClN2O2S/c1-16(11-7-4-2-3-5-8-11)19(17,18)12-9-6-10-15-13(12)14/h6,9-11H,2-5,7-8H2,1H3. The highest BCUT2D eigenvalue weighted by Crippen LogP contribution is 2.28. The number of pyridine rings is 1. The van der Waals surface area contributed by atoms with E-state index in [4.69, 9.17) is 11.6 Å². The molecule has 106 valence electrons. The molecule has 0 radical (unpaired) electrons. The van der Waals surface area contributed by atoms with Gasteiger partial charge in [-0.05, 0) is 25.0 Å². The fourth-order valence-corrected chi connectivity index (χ4v) is 4.38. The third-order valence-corrected chi connectivity index (χ3v) is 6.08. The monoisotopic (exact) mass is 302 g/mol. The number of halogens is 1. The summed E-state index contributed by atoms with van der Waals surface area (Å²) in [5.41, 5.74) is 0. The highest BCUT2D eigenvalue weighted by molar-refractivity contribution is 7.89. The molecule has 19 heavy (non-hydrogen) atoms. The Morgan fingerprint density at radius 3 is 2.47 bits per heavy atom. The third kappa shape index (κ3) is 3.27. The van der Waals surface area contributed by atoms with Crippen molar-refractivity contribution in [3.8, 4) is 0 Å². The van der Waals surface area contributed by atoms with Crippen LogP contribution < -0.4 is 0 Å². The molecule has 0 bridgehead atoms. The molecule has 2 rings (SSSR count). The summed E-state index contributed by atoms with van der Waals surface area (Å²) in [4.78, 5) is 3.95. The van der Waals surface area contributed by atoms with E-state index >= 15 is 0 Å². The van der Waals surface area contributed by atoms with Crippen LogP contribution in [0.15, 0.2) is 23.2 Å². The van der Waals surface area contributed by atoms with Gasteiger partial charge in [0.25, 0.3) is 0 Å². The Morgan fingerprint density at radius 1 is 1.26 bits per heavy atom. The van der Waals surface area contributed by atoms with Crippen LogP contribution in [0.5, 0.6) is 0 Å². The summed E-state index contributed by atoms with van der Waals surface area (Å²) >= 11 is 5.91. The molecule has 0 aromatic carbocycles. The van der Waals surface area contributed by atoms with Crippen LogP contribution >= 0.6 is 11.6 Å². The number of hydrogen-bond acceptors (Lipinski definition) is 3. The summed E-state index contributed by atoms with van der Waals surface area (Å²) in [6.07, 6.45) is 7.90. The number of rotatable bonds is 3. The van der Waals surface area contributed by atoms with E-state index in [1.807, 2.05) is 0 Å². The van der Waals surface area contributed by atoms with Gasteiger partial charge in [0, 0.05) is 19.3 Å². The van der Waals surface area contributed by atoms with E-state index in [1.165, 1.54) is 29.4 Å². The van der Waals surface area contributed by atoms with Crippen LogP contribution in [0, 0.1) is 0 Å². The van der Waals surface area contributed by atoms with Crippen molar-refractivity contribution in [3.63, 3.8) is 0 Å². The van der Waals surface area contributed by atoms with Gasteiger partial charge in [0.05, 0.1) is 0 Å². The van der Waals surface area contributed by atoms with E-state index < -0.39 is 10.0 Å². The SMILES string of the molecule is CN(C1CCCCCC1)S(=O)(=O)c1cccnc1Cl. The van der Waals surface area contributed by atoms with E-state index in [1.54, 1.807) is 13.1 Å². The van der Waals surface area contributed by atoms with Gasteiger partial charge in [0.1, 0.15) is 10.0 Å². The lowest BCUT2D eigenvalue weighted by molar-refractivity contribution is 0.335. The van der Waals surface area contributed by atoms with Gasteiger partial charge in [-0.1, -0.05) is 37.3 Å². The zero-order chi connectivity index (χ0) is 13.9. The van der Waals surface area contributed by atoms with E-state index in [2.05, 4.69) is 4.98 Å². The Balaban J connectivity index is 2.26. The molecule has 0 amide bonds. The smallest absolute Gasteiger partial charge is 0.243 e. The maximum absolute atomic E-state index is 12.6. The highest BCUT2D eigenvalue weighted by atomic mass is 35.5. The molecule has 0 N–H and O–H groups in total. The molecule has 0 unspecified atom stereocenters. The van der Waals surface area contributed by atoms with Crippen molar-refractivity contribution in [1.29, 1.82) is 0 Å². The fourth-order valence-electron chi connectivity index (χ4n) is 2.54. The van der Waals surface area contributed by atoms with Crippen molar-refractivity contribution in [2.24, 2.45) is 0 Å². The van der Waals surface area contributed by atoms with Crippen LogP contribution in [0.4, 0.5) is 0 Å². The summed E-state index contributed by atoms with van der Waals surface area (Å²) in [6.45, 7) is 0. The van der Waals surface area contributed by atoms with E-state index in [9.17, 15) is 8.42 Å². The van der Waals surface area contributed by atoms with Crippen LogP contribution in [0.2, 0.25) is 5.15 Å². The summed E-state index contributed by atoms with van der Waals surface area (Å²) in [5, 5.41) is 0.0444. The molecule has 0 saturated heterocycles. The minimum atomic E-state index is -3.55. The van der Waals surface area contributed by atoms with Crippen LogP contribution in [-0.2, 0) is 10.0 Å². The molecular weight excluding hydrogens is 284 g/mol. The maximum atomic E-state index is 12.6. The zero-order valence-electron chi connectivity index (χ0n) is 11.0. The molecular formula is C13H19ClN2O2S.